The van der Waals surface area contributed by atoms with Crippen molar-refractivity contribution in [3.8, 4) is 0 Å². The van der Waals surface area contributed by atoms with Crippen LogP contribution < -0.4 is 16.0 Å². The highest BCUT2D eigenvalue weighted by molar-refractivity contribution is 5.92. The van der Waals surface area contributed by atoms with Gasteiger partial charge in [0.1, 0.15) is 6.04 Å². The second kappa shape index (κ2) is 9.88. The number of aliphatic hydroxyl groups is 1. The summed E-state index contributed by atoms with van der Waals surface area (Å²) in [6.45, 7) is 5.66. The fourth-order valence-corrected chi connectivity index (χ4v) is 1.47. The molecule has 0 aromatic rings. The Labute approximate surface area is 130 Å². The first-order valence-corrected chi connectivity index (χ1v) is 7.17. The van der Waals surface area contributed by atoms with Crippen LogP contribution in [0.15, 0.2) is 0 Å². The summed E-state index contributed by atoms with van der Waals surface area (Å²) < 4.78 is 0. The molecule has 1 unspecified atom stereocenters. The molecule has 126 valence electrons. The lowest BCUT2D eigenvalue weighted by atomic mass is 10.0. The van der Waals surface area contributed by atoms with Gasteiger partial charge in [-0.05, 0) is 0 Å². The van der Waals surface area contributed by atoms with Crippen molar-refractivity contribution in [2.75, 3.05) is 19.7 Å². The number of hydrogen-bond acceptors (Lipinski definition) is 5. The van der Waals surface area contributed by atoms with Crippen molar-refractivity contribution in [3.63, 3.8) is 0 Å². The van der Waals surface area contributed by atoms with E-state index >= 15 is 0 Å². The molecule has 0 aliphatic heterocycles. The van der Waals surface area contributed by atoms with Crippen LogP contribution in [-0.2, 0) is 19.2 Å². The molecule has 0 spiro atoms. The lowest BCUT2D eigenvalue weighted by Gasteiger charge is -2.17. The second-order valence-corrected chi connectivity index (χ2v) is 5.51. The zero-order chi connectivity index (χ0) is 17.3. The van der Waals surface area contributed by atoms with Gasteiger partial charge in [-0.25, -0.2) is 0 Å². The number of amides is 3. The van der Waals surface area contributed by atoms with Crippen LogP contribution in [0.2, 0.25) is 0 Å². The fourth-order valence-electron chi connectivity index (χ4n) is 1.47. The highest BCUT2D eigenvalue weighted by atomic mass is 16.3. The Hall–Kier alpha value is -1.96. The largest absolute Gasteiger partial charge is 0.394 e. The summed E-state index contributed by atoms with van der Waals surface area (Å²) in [7, 11) is 0. The standard InChI is InChI=1S/C14H25N3O5/c1-8(2)13(21)10(7-18)17-12(20)6-15-11(19)5-16-14(22)9(3)4/h8-10,18H,5-7H2,1-4H3,(H,15,19)(H,16,22)(H,17,20). The van der Waals surface area contributed by atoms with Gasteiger partial charge in [0, 0.05) is 11.8 Å². The Morgan fingerprint density at radius 2 is 1.41 bits per heavy atom. The quantitative estimate of drug-likeness (QED) is 0.415. The van der Waals surface area contributed by atoms with E-state index in [-0.39, 0.29) is 36.6 Å². The number of aliphatic hydroxyl groups excluding tert-OH is 1. The molecule has 0 aromatic heterocycles. The van der Waals surface area contributed by atoms with Crippen LogP contribution in [-0.4, -0.2) is 54.3 Å². The Kier molecular flexibility index (Phi) is 9.00. The van der Waals surface area contributed by atoms with Crippen molar-refractivity contribution in [1.29, 1.82) is 0 Å². The summed E-state index contributed by atoms with van der Waals surface area (Å²) in [4.78, 5) is 46.0. The van der Waals surface area contributed by atoms with Crippen LogP contribution in [0.3, 0.4) is 0 Å². The van der Waals surface area contributed by atoms with E-state index in [1.54, 1.807) is 27.7 Å². The Morgan fingerprint density at radius 1 is 0.864 bits per heavy atom. The van der Waals surface area contributed by atoms with Crippen molar-refractivity contribution in [3.05, 3.63) is 0 Å². The topological polar surface area (TPSA) is 125 Å². The minimum absolute atomic E-state index is 0.224. The zero-order valence-corrected chi connectivity index (χ0v) is 13.4. The molecule has 0 bridgehead atoms. The maximum atomic E-state index is 11.7. The molecule has 0 aromatic carbocycles. The summed E-state index contributed by atoms with van der Waals surface area (Å²) in [5.74, 6) is -2.20. The number of ketones is 1. The molecule has 22 heavy (non-hydrogen) atoms. The SMILES string of the molecule is CC(C)C(=O)NCC(=O)NCC(=O)NC(CO)C(=O)C(C)C. The molecular formula is C14H25N3O5. The van der Waals surface area contributed by atoms with Gasteiger partial charge >= 0.3 is 0 Å². The minimum atomic E-state index is -0.981. The van der Waals surface area contributed by atoms with Crippen molar-refractivity contribution in [2.45, 2.75) is 33.7 Å². The highest BCUT2D eigenvalue weighted by Crippen LogP contribution is 1.99. The van der Waals surface area contributed by atoms with Crippen LogP contribution in [0, 0.1) is 11.8 Å². The van der Waals surface area contributed by atoms with E-state index in [4.69, 9.17) is 5.11 Å². The van der Waals surface area contributed by atoms with E-state index in [0.29, 0.717) is 0 Å². The Balaban J connectivity index is 4.14. The van der Waals surface area contributed by atoms with Gasteiger partial charge in [-0.2, -0.15) is 0 Å². The average Bonchev–Trinajstić information content (AvgIpc) is 2.46. The molecule has 0 rings (SSSR count). The summed E-state index contributed by atoms with van der Waals surface area (Å²) in [6.07, 6.45) is 0. The van der Waals surface area contributed by atoms with E-state index < -0.39 is 24.5 Å². The Bertz CT molecular complexity index is 421. The molecule has 8 heteroatoms. The average molecular weight is 315 g/mol. The molecule has 0 saturated carbocycles. The van der Waals surface area contributed by atoms with Crippen LogP contribution >= 0.6 is 0 Å². The monoisotopic (exact) mass is 315 g/mol. The third kappa shape index (κ3) is 7.72. The number of carbonyl (C=O) groups is 4. The van der Waals surface area contributed by atoms with Gasteiger partial charge in [0.2, 0.25) is 17.7 Å². The summed E-state index contributed by atoms with van der Waals surface area (Å²) in [6, 6.07) is -0.981. The second-order valence-electron chi connectivity index (χ2n) is 5.51. The first kappa shape index (κ1) is 20.0. The predicted molar refractivity (Wildman–Crippen MR) is 79.7 cm³/mol. The van der Waals surface area contributed by atoms with Crippen molar-refractivity contribution < 1.29 is 24.3 Å². The normalized spacial score (nSPS) is 12.0. The van der Waals surface area contributed by atoms with E-state index in [9.17, 15) is 19.2 Å². The minimum Gasteiger partial charge on any atom is -0.394 e. The van der Waals surface area contributed by atoms with E-state index in [1.165, 1.54) is 0 Å². The molecule has 4 N–H and O–H groups in total. The van der Waals surface area contributed by atoms with Gasteiger partial charge in [-0.3, -0.25) is 19.2 Å². The number of nitrogens with one attached hydrogen (secondary N) is 3. The summed E-state index contributed by atoms with van der Waals surface area (Å²) in [5, 5.41) is 16.2. The number of rotatable bonds is 9. The molecule has 1 atom stereocenters. The lowest BCUT2D eigenvalue weighted by molar-refractivity contribution is -0.131. The van der Waals surface area contributed by atoms with Crippen molar-refractivity contribution >= 4 is 23.5 Å². The van der Waals surface area contributed by atoms with Gasteiger partial charge in [0.15, 0.2) is 5.78 Å². The third-order valence-corrected chi connectivity index (χ3v) is 2.82. The molecule has 0 saturated heterocycles. The summed E-state index contributed by atoms with van der Waals surface area (Å²) in [5.41, 5.74) is 0. The summed E-state index contributed by atoms with van der Waals surface area (Å²) >= 11 is 0. The smallest absolute Gasteiger partial charge is 0.240 e. The number of Topliss-reactive ketones (excluding diaryl/α,β-unsaturated/α-hetero) is 1. The molecule has 0 aliphatic rings. The van der Waals surface area contributed by atoms with Gasteiger partial charge in [0.05, 0.1) is 19.7 Å². The van der Waals surface area contributed by atoms with Gasteiger partial charge in [0.25, 0.3) is 0 Å². The third-order valence-electron chi connectivity index (χ3n) is 2.82. The van der Waals surface area contributed by atoms with Crippen LogP contribution in [0.1, 0.15) is 27.7 Å². The van der Waals surface area contributed by atoms with Gasteiger partial charge < -0.3 is 21.1 Å². The molecule has 0 fully saturated rings. The van der Waals surface area contributed by atoms with Crippen LogP contribution in [0.4, 0.5) is 0 Å². The first-order chi connectivity index (χ1) is 10.2. The highest BCUT2D eigenvalue weighted by Gasteiger charge is 2.22. The van der Waals surface area contributed by atoms with E-state index in [2.05, 4.69) is 16.0 Å². The van der Waals surface area contributed by atoms with Crippen molar-refractivity contribution in [2.24, 2.45) is 11.8 Å². The van der Waals surface area contributed by atoms with E-state index in [1.807, 2.05) is 0 Å². The van der Waals surface area contributed by atoms with Gasteiger partial charge in [-0.1, -0.05) is 27.7 Å². The maximum Gasteiger partial charge on any atom is 0.240 e. The molecule has 0 radical (unpaired) electrons. The zero-order valence-electron chi connectivity index (χ0n) is 13.4. The van der Waals surface area contributed by atoms with E-state index in [0.717, 1.165) is 0 Å². The molecule has 0 heterocycles. The first-order valence-electron chi connectivity index (χ1n) is 7.17. The molecular weight excluding hydrogens is 290 g/mol. The Morgan fingerprint density at radius 3 is 1.86 bits per heavy atom. The van der Waals surface area contributed by atoms with Gasteiger partial charge in [-0.15, -0.1) is 0 Å². The lowest BCUT2D eigenvalue weighted by Crippen LogP contribution is -2.49. The molecule has 0 aliphatic carbocycles. The number of carbonyl (C=O) groups excluding carboxylic acids is 4. The maximum absolute atomic E-state index is 11.7. The molecule has 3 amide bonds. The number of hydrogen-bond donors (Lipinski definition) is 4. The van der Waals surface area contributed by atoms with Crippen LogP contribution in [0.25, 0.3) is 0 Å². The predicted octanol–water partition coefficient (Wildman–Crippen LogP) is -1.42. The van der Waals surface area contributed by atoms with Crippen molar-refractivity contribution in [1.82, 2.24) is 16.0 Å². The molecule has 8 nitrogen and oxygen atoms in total. The fraction of sp³-hybridized carbons (Fsp3) is 0.714. The van der Waals surface area contributed by atoms with Crippen LogP contribution in [0.5, 0.6) is 0 Å².